The number of carbonyl (C=O) groups excluding carboxylic acids is 1. The number of nitrogens with zero attached hydrogens (tertiary/aromatic N) is 2. The van der Waals surface area contributed by atoms with Gasteiger partial charge in [-0.3, -0.25) is 4.79 Å². The number of carbonyl (C=O) groups is 1. The Bertz CT molecular complexity index is 1050. The minimum absolute atomic E-state index is 0.0295. The third kappa shape index (κ3) is 5.07. The molecule has 0 unspecified atom stereocenters. The number of aromatic nitrogens is 1. The van der Waals surface area contributed by atoms with Crippen LogP contribution in [0.2, 0.25) is 0 Å². The highest BCUT2D eigenvalue weighted by Crippen LogP contribution is 2.35. The number of hydrogen-bond donors (Lipinski definition) is 1. The van der Waals surface area contributed by atoms with Gasteiger partial charge in [0.25, 0.3) is 0 Å². The van der Waals surface area contributed by atoms with Gasteiger partial charge in [-0.1, -0.05) is 63.2 Å². The number of hydrogen-bond acceptors (Lipinski definition) is 2. The van der Waals surface area contributed by atoms with Crippen molar-refractivity contribution in [3.8, 4) is 0 Å². The van der Waals surface area contributed by atoms with E-state index >= 15 is 0 Å². The maximum atomic E-state index is 13.0. The number of amides is 1. The van der Waals surface area contributed by atoms with Gasteiger partial charge < -0.3 is 14.8 Å². The number of fused-ring (bicyclic) bond motifs is 1. The zero-order valence-electron chi connectivity index (χ0n) is 20.0. The van der Waals surface area contributed by atoms with E-state index < -0.39 is 0 Å². The summed E-state index contributed by atoms with van der Waals surface area (Å²) in [7, 11) is 2.09. The van der Waals surface area contributed by atoms with E-state index in [1.54, 1.807) is 0 Å². The quantitative estimate of drug-likeness (QED) is 0.558. The lowest BCUT2D eigenvalue weighted by Gasteiger charge is -2.22. The van der Waals surface area contributed by atoms with E-state index in [4.69, 9.17) is 0 Å². The smallest absolute Gasteiger partial charge is 0.220 e. The topological polar surface area (TPSA) is 37.3 Å². The second-order valence-corrected chi connectivity index (χ2v) is 10.2. The van der Waals surface area contributed by atoms with E-state index in [1.165, 1.54) is 40.4 Å². The van der Waals surface area contributed by atoms with Crippen LogP contribution in [-0.4, -0.2) is 41.6 Å². The molecule has 1 aliphatic heterocycles. The molecule has 170 valence electrons. The SMILES string of the molecule is Cn1cc([C@H](CC(=O)NCCN2CCCC2)c2ccc(C(C)(C)C)cc2)c2ccccc21. The van der Waals surface area contributed by atoms with Crippen LogP contribution in [0.25, 0.3) is 10.9 Å². The average molecular weight is 432 g/mol. The third-order valence-electron chi connectivity index (χ3n) is 6.82. The Hall–Kier alpha value is -2.59. The van der Waals surface area contributed by atoms with Gasteiger partial charge in [-0.05, 0) is 54.1 Å². The molecule has 2 aromatic carbocycles. The van der Waals surface area contributed by atoms with Crippen molar-refractivity contribution >= 4 is 16.8 Å². The van der Waals surface area contributed by atoms with Gasteiger partial charge in [0.1, 0.15) is 0 Å². The minimum atomic E-state index is 0.0295. The summed E-state index contributed by atoms with van der Waals surface area (Å²) in [6.07, 6.45) is 5.22. The summed E-state index contributed by atoms with van der Waals surface area (Å²) in [5, 5.41) is 4.41. The summed E-state index contributed by atoms with van der Waals surface area (Å²) >= 11 is 0. The van der Waals surface area contributed by atoms with Crippen molar-refractivity contribution < 1.29 is 4.79 Å². The van der Waals surface area contributed by atoms with Crippen LogP contribution >= 0.6 is 0 Å². The summed E-state index contributed by atoms with van der Waals surface area (Å²) in [6.45, 7) is 10.7. The Morgan fingerprint density at radius 3 is 2.41 bits per heavy atom. The Morgan fingerprint density at radius 2 is 1.72 bits per heavy atom. The van der Waals surface area contributed by atoms with E-state index in [2.05, 4.69) is 97.3 Å². The fourth-order valence-corrected chi connectivity index (χ4v) is 4.89. The number of rotatable bonds is 7. The zero-order chi connectivity index (χ0) is 22.7. The van der Waals surface area contributed by atoms with Gasteiger partial charge >= 0.3 is 0 Å². The summed E-state index contributed by atoms with van der Waals surface area (Å²) in [6, 6.07) is 17.3. The number of aryl methyl sites for hydroxylation is 1. The van der Waals surface area contributed by atoms with E-state index in [-0.39, 0.29) is 17.2 Å². The highest BCUT2D eigenvalue weighted by atomic mass is 16.1. The molecular formula is C28H37N3O. The van der Waals surface area contributed by atoms with E-state index in [0.717, 1.165) is 26.2 Å². The molecule has 4 heteroatoms. The van der Waals surface area contributed by atoms with Crippen LogP contribution in [0.3, 0.4) is 0 Å². The molecule has 1 aliphatic rings. The molecule has 1 fully saturated rings. The molecule has 2 heterocycles. The summed E-state index contributed by atoms with van der Waals surface area (Å²) in [5.74, 6) is 0.156. The molecule has 0 saturated carbocycles. The Labute approximate surface area is 192 Å². The molecule has 0 aliphatic carbocycles. The van der Waals surface area contributed by atoms with Gasteiger partial charge in [0, 0.05) is 49.6 Å². The minimum Gasteiger partial charge on any atom is -0.355 e. The van der Waals surface area contributed by atoms with Gasteiger partial charge in [-0.15, -0.1) is 0 Å². The zero-order valence-corrected chi connectivity index (χ0v) is 20.0. The molecule has 3 aromatic rings. The van der Waals surface area contributed by atoms with Crippen LogP contribution in [0.4, 0.5) is 0 Å². The second-order valence-electron chi connectivity index (χ2n) is 10.2. The van der Waals surface area contributed by atoms with Crippen LogP contribution in [0.15, 0.2) is 54.7 Å². The molecule has 1 amide bonds. The molecule has 0 radical (unpaired) electrons. The van der Waals surface area contributed by atoms with Gasteiger partial charge in [-0.25, -0.2) is 0 Å². The molecule has 0 spiro atoms. The predicted molar refractivity (Wildman–Crippen MR) is 133 cm³/mol. The van der Waals surface area contributed by atoms with Gasteiger partial charge in [0.15, 0.2) is 0 Å². The molecule has 4 rings (SSSR count). The fraction of sp³-hybridized carbons (Fsp3) is 0.464. The van der Waals surface area contributed by atoms with Crippen molar-refractivity contribution in [2.45, 2.75) is 51.4 Å². The predicted octanol–water partition coefficient (Wildman–Crippen LogP) is 5.21. The first-order chi connectivity index (χ1) is 15.3. The van der Waals surface area contributed by atoms with Gasteiger partial charge in [-0.2, -0.15) is 0 Å². The first kappa shape index (κ1) is 22.6. The summed E-state index contributed by atoms with van der Waals surface area (Å²) < 4.78 is 2.17. The number of para-hydroxylation sites is 1. The van der Waals surface area contributed by atoms with Crippen molar-refractivity contribution in [1.82, 2.24) is 14.8 Å². The van der Waals surface area contributed by atoms with Gasteiger partial charge in [0.05, 0.1) is 0 Å². The van der Waals surface area contributed by atoms with Crippen LogP contribution in [0.5, 0.6) is 0 Å². The standard InChI is InChI=1S/C28H37N3O/c1-28(2,3)22-13-11-21(12-14-22)24(19-27(32)29-15-18-31-16-7-8-17-31)25-20-30(4)26-10-6-5-9-23(25)26/h5-6,9-14,20,24H,7-8,15-19H2,1-4H3,(H,29,32)/t24-/m1/s1. The monoisotopic (exact) mass is 431 g/mol. The first-order valence-corrected chi connectivity index (χ1v) is 12.0. The number of nitrogens with one attached hydrogen (secondary N) is 1. The van der Waals surface area contributed by atoms with Crippen LogP contribution in [0.1, 0.15) is 62.6 Å². The van der Waals surface area contributed by atoms with Crippen molar-refractivity contribution in [2.24, 2.45) is 7.05 Å². The molecule has 1 saturated heterocycles. The maximum absolute atomic E-state index is 13.0. The lowest BCUT2D eigenvalue weighted by molar-refractivity contribution is -0.121. The number of benzene rings is 2. The average Bonchev–Trinajstić information content (AvgIpc) is 3.40. The largest absolute Gasteiger partial charge is 0.355 e. The molecule has 1 atom stereocenters. The highest BCUT2D eigenvalue weighted by molar-refractivity contribution is 5.86. The first-order valence-electron chi connectivity index (χ1n) is 12.0. The highest BCUT2D eigenvalue weighted by Gasteiger charge is 2.23. The molecule has 0 bridgehead atoms. The van der Waals surface area contributed by atoms with Crippen LogP contribution in [-0.2, 0) is 17.3 Å². The molecule has 1 aromatic heterocycles. The lowest BCUT2D eigenvalue weighted by atomic mass is 9.83. The van der Waals surface area contributed by atoms with E-state index in [0.29, 0.717) is 6.42 Å². The molecule has 1 N–H and O–H groups in total. The van der Waals surface area contributed by atoms with Crippen molar-refractivity contribution in [1.29, 1.82) is 0 Å². The lowest BCUT2D eigenvalue weighted by Crippen LogP contribution is -2.34. The van der Waals surface area contributed by atoms with E-state index in [1.807, 2.05) is 0 Å². The van der Waals surface area contributed by atoms with Crippen molar-refractivity contribution in [3.05, 3.63) is 71.4 Å². The van der Waals surface area contributed by atoms with Crippen LogP contribution < -0.4 is 5.32 Å². The maximum Gasteiger partial charge on any atom is 0.220 e. The Balaban J connectivity index is 1.58. The Morgan fingerprint density at radius 1 is 1.03 bits per heavy atom. The summed E-state index contributed by atoms with van der Waals surface area (Å²) in [4.78, 5) is 15.4. The normalized spacial score (nSPS) is 15.9. The molecule has 4 nitrogen and oxygen atoms in total. The second kappa shape index (κ2) is 9.50. The number of likely N-dealkylation sites (tertiary alicyclic amines) is 1. The summed E-state index contributed by atoms with van der Waals surface area (Å²) in [5.41, 5.74) is 5.05. The van der Waals surface area contributed by atoms with Crippen molar-refractivity contribution in [2.75, 3.05) is 26.2 Å². The van der Waals surface area contributed by atoms with Crippen molar-refractivity contribution in [3.63, 3.8) is 0 Å². The fourth-order valence-electron chi connectivity index (χ4n) is 4.89. The van der Waals surface area contributed by atoms with Crippen LogP contribution in [0, 0.1) is 0 Å². The Kier molecular flexibility index (Phi) is 6.71. The van der Waals surface area contributed by atoms with E-state index in [9.17, 15) is 4.79 Å². The molecular weight excluding hydrogens is 394 g/mol. The van der Waals surface area contributed by atoms with Gasteiger partial charge in [0.2, 0.25) is 5.91 Å². The third-order valence-corrected chi connectivity index (χ3v) is 6.82. The molecule has 32 heavy (non-hydrogen) atoms.